The van der Waals surface area contributed by atoms with Crippen LogP contribution in [0, 0.1) is 0 Å². The third-order valence-corrected chi connectivity index (χ3v) is 8.15. The fourth-order valence-corrected chi connectivity index (χ4v) is 6.11. The molecule has 0 spiro atoms. The second-order valence-corrected chi connectivity index (χ2v) is 10.9. The van der Waals surface area contributed by atoms with Crippen molar-refractivity contribution in [2.24, 2.45) is 0 Å². The van der Waals surface area contributed by atoms with Gasteiger partial charge in [-0.05, 0) is 72.3 Å². The van der Waals surface area contributed by atoms with Crippen LogP contribution >= 0.6 is 11.6 Å². The Bertz CT molecular complexity index is 1720. The number of fused-ring (bicyclic) bond motifs is 2. The van der Waals surface area contributed by atoms with E-state index < -0.39 is 27.6 Å². The molecule has 2 N–H and O–H groups in total. The van der Waals surface area contributed by atoms with Gasteiger partial charge in [0, 0.05) is 16.3 Å². The number of hydrogen-bond donors (Lipinski definition) is 2. The second kappa shape index (κ2) is 9.77. The molecule has 0 saturated heterocycles. The molecule has 0 unspecified atom stereocenters. The molecule has 0 aliphatic carbocycles. The van der Waals surface area contributed by atoms with Gasteiger partial charge >= 0.3 is 5.97 Å². The van der Waals surface area contributed by atoms with E-state index in [1.54, 1.807) is 30.3 Å². The van der Waals surface area contributed by atoms with Gasteiger partial charge in [0.05, 0.1) is 33.2 Å². The standard InChI is InChI=1S/C28H19ClN2O6S/c29-20-5-3-4-17(14-20)16-31-23-13-10-19(26(32)30-21-11-8-18(9-12-21)28(34)35)15-25(23)38(36,37)24-7-2-1-6-22(24)27(31)33/h1-15H,16H2,(H,30,32)(H,34,35). The number of nitrogens with one attached hydrogen (secondary N) is 1. The zero-order valence-corrected chi connectivity index (χ0v) is 21.2. The van der Waals surface area contributed by atoms with Crippen molar-refractivity contribution in [1.29, 1.82) is 0 Å². The summed E-state index contributed by atoms with van der Waals surface area (Å²) >= 11 is 6.13. The van der Waals surface area contributed by atoms with Crippen LogP contribution in [0.5, 0.6) is 0 Å². The van der Waals surface area contributed by atoms with Crippen molar-refractivity contribution in [2.75, 3.05) is 10.2 Å². The van der Waals surface area contributed by atoms with Gasteiger partial charge in [-0.1, -0.05) is 35.9 Å². The second-order valence-electron chi connectivity index (χ2n) is 8.54. The Morgan fingerprint density at radius 1 is 0.842 bits per heavy atom. The maximum absolute atomic E-state index is 13.8. The monoisotopic (exact) mass is 546 g/mol. The Hall–Kier alpha value is -4.47. The highest BCUT2D eigenvalue weighted by Crippen LogP contribution is 2.38. The summed E-state index contributed by atoms with van der Waals surface area (Å²) in [4.78, 5) is 38.7. The number of halogens is 1. The van der Waals surface area contributed by atoms with E-state index in [4.69, 9.17) is 16.7 Å². The zero-order chi connectivity index (χ0) is 27.0. The third kappa shape index (κ3) is 4.65. The minimum Gasteiger partial charge on any atom is -0.478 e. The number of aromatic carboxylic acids is 1. The van der Waals surface area contributed by atoms with Gasteiger partial charge in [0.1, 0.15) is 0 Å². The highest BCUT2D eigenvalue weighted by Gasteiger charge is 2.36. The molecule has 0 aromatic heterocycles. The van der Waals surface area contributed by atoms with Crippen molar-refractivity contribution < 1.29 is 27.9 Å². The molecule has 0 radical (unpaired) electrons. The fourth-order valence-electron chi connectivity index (χ4n) is 4.22. The first-order valence-corrected chi connectivity index (χ1v) is 13.2. The van der Waals surface area contributed by atoms with Gasteiger partial charge in [-0.2, -0.15) is 0 Å². The molecule has 4 aromatic carbocycles. The van der Waals surface area contributed by atoms with Crippen LogP contribution in [0.15, 0.2) is 101 Å². The van der Waals surface area contributed by atoms with Crippen LogP contribution in [0.4, 0.5) is 11.4 Å². The van der Waals surface area contributed by atoms with Crippen LogP contribution in [-0.4, -0.2) is 31.3 Å². The SMILES string of the molecule is O=C(O)c1ccc(NC(=O)c2ccc3c(c2)S(=O)(=O)c2ccccc2C(=O)N3Cc2cccc(Cl)c2)cc1. The van der Waals surface area contributed by atoms with Gasteiger partial charge in [-0.25, -0.2) is 13.2 Å². The summed E-state index contributed by atoms with van der Waals surface area (Å²) in [5.74, 6) is -2.20. The first-order chi connectivity index (χ1) is 18.1. The van der Waals surface area contributed by atoms with Crippen LogP contribution < -0.4 is 10.2 Å². The third-order valence-electron chi connectivity index (χ3n) is 6.07. The van der Waals surface area contributed by atoms with Crippen LogP contribution in [0.2, 0.25) is 5.02 Å². The number of carbonyl (C=O) groups excluding carboxylic acids is 2. The number of anilines is 2. The molecule has 38 heavy (non-hydrogen) atoms. The molecule has 0 atom stereocenters. The molecule has 0 fully saturated rings. The van der Waals surface area contributed by atoms with Gasteiger partial charge in [-0.15, -0.1) is 0 Å². The lowest BCUT2D eigenvalue weighted by Crippen LogP contribution is -2.30. The van der Waals surface area contributed by atoms with E-state index in [-0.39, 0.29) is 38.7 Å². The topological polar surface area (TPSA) is 121 Å². The van der Waals surface area contributed by atoms with Crippen molar-refractivity contribution >= 4 is 50.6 Å². The number of rotatable bonds is 5. The summed E-state index contributed by atoms with van der Waals surface area (Å²) in [6.07, 6.45) is 0. The zero-order valence-electron chi connectivity index (χ0n) is 19.6. The number of hydrogen-bond acceptors (Lipinski definition) is 5. The predicted molar refractivity (Wildman–Crippen MR) is 142 cm³/mol. The summed E-state index contributed by atoms with van der Waals surface area (Å²) in [6.45, 7) is 0.0533. The maximum Gasteiger partial charge on any atom is 0.335 e. The Balaban J connectivity index is 1.59. The lowest BCUT2D eigenvalue weighted by Gasteiger charge is -2.23. The van der Waals surface area contributed by atoms with Crippen LogP contribution in [-0.2, 0) is 16.4 Å². The molecule has 4 aromatic rings. The molecular weight excluding hydrogens is 528 g/mol. The molecule has 0 bridgehead atoms. The van der Waals surface area contributed by atoms with Crippen molar-refractivity contribution in [3.8, 4) is 0 Å². The van der Waals surface area contributed by atoms with Crippen LogP contribution in [0.3, 0.4) is 0 Å². The van der Waals surface area contributed by atoms with E-state index >= 15 is 0 Å². The van der Waals surface area contributed by atoms with Crippen LogP contribution in [0.25, 0.3) is 0 Å². The number of amides is 2. The highest BCUT2D eigenvalue weighted by atomic mass is 35.5. The molecule has 2 amide bonds. The molecule has 0 saturated carbocycles. The van der Waals surface area contributed by atoms with Crippen LogP contribution in [0.1, 0.15) is 36.6 Å². The van der Waals surface area contributed by atoms with E-state index in [9.17, 15) is 22.8 Å². The number of carbonyl (C=O) groups is 3. The summed E-state index contributed by atoms with van der Waals surface area (Å²) in [5.41, 5.74) is 1.29. The Morgan fingerprint density at radius 3 is 2.26 bits per heavy atom. The molecule has 190 valence electrons. The van der Waals surface area contributed by atoms with Crippen molar-refractivity contribution in [3.63, 3.8) is 0 Å². The number of carboxylic acids is 1. The molecule has 1 aliphatic heterocycles. The first kappa shape index (κ1) is 25.2. The summed E-state index contributed by atoms with van der Waals surface area (Å²) in [6, 6.07) is 22.5. The van der Waals surface area contributed by atoms with Gasteiger partial charge < -0.3 is 15.3 Å². The highest BCUT2D eigenvalue weighted by molar-refractivity contribution is 7.91. The normalized spacial score (nSPS) is 13.7. The van der Waals surface area contributed by atoms with Crippen molar-refractivity contribution in [1.82, 2.24) is 0 Å². The van der Waals surface area contributed by atoms with Crippen molar-refractivity contribution in [2.45, 2.75) is 16.3 Å². The maximum atomic E-state index is 13.8. The Kier molecular flexibility index (Phi) is 6.48. The lowest BCUT2D eigenvalue weighted by molar-refractivity contribution is 0.0696. The Morgan fingerprint density at radius 2 is 1.55 bits per heavy atom. The largest absolute Gasteiger partial charge is 0.478 e. The average molecular weight is 547 g/mol. The minimum absolute atomic E-state index is 0.0234. The molecule has 1 aliphatic rings. The van der Waals surface area contributed by atoms with E-state index in [0.717, 1.165) is 0 Å². The van der Waals surface area contributed by atoms with Gasteiger partial charge in [-0.3, -0.25) is 9.59 Å². The van der Waals surface area contributed by atoms with Gasteiger partial charge in [0.25, 0.3) is 11.8 Å². The summed E-state index contributed by atoms with van der Waals surface area (Å²) < 4.78 is 27.5. The number of sulfone groups is 1. The number of carboxylic acid groups (broad SMARTS) is 1. The smallest absolute Gasteiger partial charge is 0.335 e. The molecule has 8 nitrogen and oxygen atoms in total. The first-order valence-electron chi connectivity index (χ1n) is 11.3. The summed E-state index contributed by atoms with van der Waals surface area (Å²) in [5, 5.41) is 12.2. The summed E-state index contributed by atoms with van der Waals surface area (Å²) in [7, 11) is -4.18. The van der Waals surface area contributed by atoms with E-state index in [1.807, 2.05) is 0 Å². The predicted octanol–water partition coefficient (Wildman–Crippen LogP) is 5.28. The number of benzene rings is 4. The van der Waals surface area contributed by atoms with E-state index in [1.165, 1.54) is 65.6 Å². The van der Waals surface area contributed by atoms with Gasteiger partial charge in [0.15, 0.2) is 0 Å². The van der Waals surface area contributed by atoms with Crippen molar-refractivity contribution in [3.05, 3.63) is 118 Å². The van der Waals surface area contributed by atoms with Gasteiger partial charge in [0.2, 0.25) is 9.84 Å². The minimum atomic E-state index is -4.18. The Labute approximate surface area is 223 Å². The quantitative estimate of drug-likeness (QED) is 0.351. The lowest BCUT2D eigenvalue weighted by atomic mass is 10.1. The number of nitrogens with zero attached hydrogens (tertiary/aromatic N) is 1. The average Bonchev–Trinajstić information content (AvgIpc) is 2.97. The molecule has 1 heterocycles. The molecule has 5 rings (SSSR count). The molecular formula is C28H19ClN2O6S. The van der Waals surface area contributed by atoms with E-state index in [0.29, 0.717) is 16.3 Å². The molecule has 10 heteroatoms. The van der Waals surface area contributed by atoms with E-state index in [2.05, 4.69) is 5.32 Å². The fraction of sp³-hybridized carbons (Fsp3) is 0.0357.